The van der Waals surface area contributed by atoms with E-state index in [2.05, 4.69) is 10.3 Å². The van der Waals surface area contributed by atoms with Gasteiger partial charge in [0.25, 0.3) is 0 Å². The van der Waals surface area contributed by atoms with Crippen LogP contribution in [0.25, 0.3) is 0 Å². The molecule has 0 aliphatic carbocycles. The van der Waals surface area contributed by atoms with Crippen LogP contribution in [0.4, 0.5) is 4.39 Å². The Bertz CT molecular complexity index is 817. The van der Waals surface area contributed by atoms with Crippen molar-refractivity contribution >= 4 is 23.2 Å². The molecule has 5 nitrogen and oxygen atoms in total. The summed E-state index contributed by atoms with van der Waals surface area (Å²) in [5.41, 5.74) is 1.85. The van der Waals surface area contributed by atoms with Crippen molar-refractivity contribution in [3.05, 3.63) is 51.2 Å². The second-order valence-electron chi connectivity index (χ2n) is 6.92. The number of hydrogen-bond acceptors (Lipinski definition) is 4. The highest BCUT2D eigenvalue weighted by atomic mass is 32.1. The zero-order valence-corrected chi connectivity index (χ0v) is 16.4. The molecule has 1 N–H and O–H groups in total. The number of carbonyl (C=O) groups is 2. The molecule has 1 unspecified atom stereocenters. The van der Waals surface area contributed by atoms with Crippen molar-refractivity contribution in [1.82, 2.24) is 15.2 Å². The minimum absolute atomic E-state index is 0.0382. The maximum atomic E-state index is 13.3. The molecule has 2 aromatic rings. The van der Waals surface area contributed by atoms with Gasteiger partial charge >= 0.3 is 0 Å². The molecule has 0 spiro atoms. The van der Waals surface area contributed by atoms with E-state index >= 15 is 0 Å². The van der Waals surface area contributed by atoms with Gasteiger partial charge in [-0.2, -0.15) is 0 Å². The van der Waals surface area contributed by atoms with Gasteiger partial charge in [-0.3, -0.25) is 9.59 Å². The smallest absolute Gasteiger partial charge is 0.225 e. The first-order valence-electron chi connectivity index (χ1n) is 9.15. The van der Waals surface area contributed by atoms with E-state index in [4.69, 9.17) is 0 Å². The Morgan fingerprint density at radius 2 is 2.22 bits per heavy atom. The number of aryl methyl sites for hydroxylation is 2. The second kappa shape index (κ2) is 8.61. The Balaban J connectivity index is 1.52. The summed E-state index contributed by atoms with van der Waals surface area (Å²) in [6.45, 7) is 5.31. The number of hydrogen-bond donors (Lipinski definition) is 1. The van der Waals surface area contributed by atoms with Gasteiger partial charge in [0.1, 0.15) is 10.8 Å². The van der Waals surface area contributed by atoms with E-state index in [0.29, 0.717) is 38.9 Å². The molecule has 1 aliphatic rings. The van der Waals surface area contributed by atoms with Crippen LogP contribution in [-0.2, 0) is 22.6 Å². The van der Waals surface area contributed by atoms with Gasteiger partial charge in [-0.15, -0.1) is 11.3 Å². The number of carbonyl (C=O) groups excluding carboxylic acids is 2. The first kappa shape index (κ1) is 19.5. The fourth-order valence-corrected chi connectivity index (χ4v) is 4.10. The Kier molecular flexibility index (Phi) is 6.21. The van der Waals surface area contributed by atoms with Crippen molar-refractivity contribution in [2.75, 3.05) is 13.1 Å². The molecule has 3 rings (SSSR count). The summed E-state index contributed by atoms with van der Waals surface area (Å²) in [5, 5.41) is 3.84. The van der Waals surface area contributed by atoms with Crippen molar-refractivity contribution < 1.29 is 14.0 Å². The summed E-state index contributed by atoms with van der Waals surface area (Å²) in [6, 6.07) is 6.40. The summed E-state index contributed by atoms with van der Waals surface area (Å²) in [6.07, 6.45) is 1.52. The summed E-state index contributed by atoms with van der Waals surface area (Å²) < 4.78 is 13.3. The third-order valence-electron chi connectivity index (χ3n) is 4.92. The number of likely N-dealkylation sites (tertiary alicyclic amines) is 1. The van der Waals surface area contributed by atoms with Crippen LogP contribution in [0, 0.1) is 25.6 Å². The highest BCUT2D eigenvalue weighted by Crippen LogP contribution is 2.20. The normalized spacial score (nSPS) is 17.2. The number of benzene rings is 1. The molecule has 1 aliphatic heterocycles. The molecule has 27 heavy (non-hydrogen) atoms. The highest BCUT2D eigenvalue weighted by molar-refractivity contribution is 7.11. The zero-order valence-electron chi connectivity index (χ0n) is 15.6. The maximum Gasteiger partial charge on any atom is 0.225 e. The fourth-order valence-electron chi connectivity index (χ4n) is 3.22. The summed E-state index contributed by atoms with van der Waals surface area (Å²) in [5.74, 6) is -0.467. The lowest BCUT2D eigenvalue weighted by atomic mass is 9.96. The third kappa shape index (κ3) is 5.13. The van der Waals surface area contributed by atoms with Gasteiger partial charge in [0.2, 0.25) is 11.8 Å². The molecule has 144 valence electrons. The minimum atomic E-state index is -0.276. The van der Waals surface area contributed by atoms with Gasteiger partial charge in [-0.05, 0) is 44.4 Å². The third-order valence-corrected chi connectivity index (χ3v) is 5.99. The number of rotatable bonds is 6. The second-order valence-corrected chi connectivity index (χ2v) is 8.21. The molecule has 7 heteroatoms. The van der Waals surface area contributed by atoms with Crippen molar-refractivity contribution in [3.63, 3.8) is 0 Å². The van der Waals surface area contributed by atoms with Crippen LogP contribution in [0.3, 0.4) is 0 Å². The van der Waals surface area contributed by atoms with Crippen molar-refractivity contribution in [2.24, 2.45) is 5.92 Å². The lowest BCUT2D eigenvalue weighted by Gasteiger charge is -2.32. The van der Waals surface area contributed by atoms with E-state index in [1.165, 1.54) is 12.1 Å². The quantitative estimate of drug-likeness (QED) is 0.826. The van der Waals surface area contributed by atoms with Gasteiger partial charge in [0.15, 0.2) is 0 Å². The Morgan fingerprint density at radius 3 is 2.93 bits per heavy atom. The first-order valence-corrected chi connectivity index (χ1v) is 9.97. The Morgan fingerprint density at radius 1 is 1.41 bits per heavy atom. The number of piperidine rings is 1. The zero-order chi connectivity index (χ0) is 19.4. The molecule has 0 bridgehead atoms. The number of nitrogens with one attached hydrogen (secondary N) is 1. The SMILES string of the molecule is Cc1nc(CNC(=O)C2CCC(=O)N(CCc3cccc(F)c3)C2)sc1C. The van der Waals surface area contributed by atoms with E-state index in [9.17, 15) is 14.0 Å². The number of thiazole rings is 1. The van der Waals surface area contributed by atoms with E-state index < -0.39 is 0 Å². The predicted octanol–water partition coefficient (Wildman–Crippen LogP) is 3.00. The van der Waals surface area contributed by atoms with Crippen molar-refractivity contribution in [3.8, 4) is 0 Å². The molecule has 2 amide bonds. The molecule has 1 atom stereocenters. The van der Waals surface area contributed by atoms with Crippen LogP contribution < -0.4 is 5.32 Å². The van der Waals surface area contributed by atoms with Crippen LogP contribution in [0.15, 0.2) is 24.3 Å². The standard InChI is InChI=1S/C20H24FN3O2S/c1-13-14(2)27-18(23-13)11-22-20(26)16-6-7-19(25)24(12-16)9-8-15-4-3-5-17(21)10-15/h3-5,10,16H,6-9,11-12H2,1-2H3,(H,22,26). The number of nitrogens with zero attached hydrogens (tertiary/aromatic N) is 2. The topological polar surface area (TPSA) is 62.3 Å². The molecule has 2 heterocycles. The van der Waals surface area contributed by atoms with Crippen LogP contribution in [0.1, 0.15) is 34.0 Å². The highest BCUT2D eigenvalue weighted by Gasteiger charge is 2.30. The minimum Gasteiger partial charge on any atom is -0.349 e. The largest absolute Gasteiger partial charge is 0.349 e. The number of amides is 2. The number of aromatic nitrogens is 1. The summed E-state index contributed by atoms with van der Waals surface area (Å²) in [4.78, 5) is 32.0. The van der Waals surface area contributed by atoms with Crippen LogP contribution in [0.5, 0.6) is 0 Å². The molecule has 0 saturated carbocycles. The van der Waals surface area contributed by atoms with Crippen LogP contribution in [-0.4, -0.2) is 34.8 Å². The molecule has 1 aromatic heterocycles. The van der Waals surface area contributed by atoms with E-state index in [1.807, 2.05) is 19.9 Å². The molecule has 1 aromatic carbocycles. The van der Waals surface area contributed by atoms with Gasteiger partial charge < -0.3 is 10.2 Å². The lowest BCUT2D eigenvalue weighted by Crippen LogP contribution is -2.46. The number of halogens is 1. The van der Waals surface area contributed by atoms with Crippen molar-refractivity contribution in [1.29, 1.82) is 0 Å². The summed E-state index contributed by atoms with van der Waals surface area (Å²) in [7, 11) is 0. The molecular formula is C20H24FN3O2S. The average molecular weight is 389 g/mol. The van der Waals surface area contributed by atoms with Gasteiger partial charge in [-0.25, -0.2) is 9.37 Å². The molecule has 1 saturated heterocycles. The van der Waals surface area contributed by atoms with Gasteiger partial charge in [0.05, 0.1) is 18.2 Å². The predicted molar refractivity (Wildman–Crippen MR) is 103 cm³/mol. The lowest BCUT2D eigenvalue weighted by molar-refractivity contribution is -0.138. The summed E-state index contributed by atoms with van der Waals surface area (Å²) >= 11 is 1.59. The van der Waals surface area contributed by atoms with E-state index in [1.54, 1.807) is 22.3 Å². The molecule has 1 fully saturated rings. The van der Waals surface area contributed by atoms with Gasteiger partial charge in [0, 0.05) is 24.4 Å². The molecular weight excluding hydrogens is 365 g/mol. The maximum absolute atomic E-state index is 13.3. The van der Waals surface area contributed by atoms with Crippen LogP contribution in [0.2, 0.25) is 0 Å². The van der Waals surface area contributed by atoms with E-state index in [-0.39, 0.29) is 23.5 Å². The Hall–Kier alpha value is -2.28. The van der Waals surface area contributed by atoms with Crippen LogP contribution >= 0.6 is 11.3 Å². The monoisotopic (exact) mass is 389 g/mol. The average Bonchev–Trinajstić information content (AvgIpc) is 2.97. The first-order chi connectivity index (χ1) is 12.9. The fraction of sp³-hybridized carbons (Fsp3) is 0.450. The molecule has 0 radical (unpaired) electrons. The van der Waals surface area contributed by atoms with Crippen molar-refractivity contribution in [2.45, 2.75) is 39.7 Å². The Labute approximate surface area is 162 Å². The van der Waals surface area contributed by atoms with Gasteiger partial charge in [-0.1, -0.05) is 12.1 Å². The van der Waals surface area contributed by atoms with E-state index in [0.717, 1.165) is 21.1 Å².